The van der Waals surface area contributed by atoms with Crippen LogP contribution in [0.25, 0.3) is 0 Å². The standard InChI is InChI=1S/2C5H10S2.C5H12.C4H10.CH3.I2.Y/c2*1-6-4-3-5-7(6)2;1-3-5-4-2;1-3-4-2;;1-2;/h2*1-5H2;3-5H2,1-2H3;3-4H2,1-2H3;1H3;;/q;;;;-1;;. The molecular formula is C20H45I2S4Y-. The molecule has 27 heavy (non-hydrogen) atoms. The fraction of sp³-hybridized carbons (Fsp3) is 0.750. The SMILES string of the molecule is C=S1CCCS1=C.C=S1CCCS1=C.CCCC.CCCCC.II.[CH3-].[Y]. The smallest absolute Gasteiger partial charge is 0 e. The molecule has 167 valence electrons. The van der Waals surface area contributed by atoms with Crippen LogP contribution in [0.4, 0.5) is 0 Å². The molecule has 2 saturated heterocycles. The van der Waals surface area contributed by atoms with E-state index in [0.29, 0.717) is 38.1 Å². The minimum Gasteiger partial charge on any atom is -0.358 e. The monoisotopic (exact) mass is 756 g/mol. The first-order chi connectivity index (χ1) is 11.9. The molecule has 7 heteroatoms. The molecule has 0 nitrogen and oxygen atoms in total. The molecule has 2 aliphatic heterocycles. The van der Waals surface area contributed by atoms with Gasteiger partial charge in [-0.15, -0.1) is 38.1 Å². The molecule has 2 fully saturated rings. The van der Waals surface area contributed by atoms with Crippen molar-refractivity contribution >= 4 is 98.8 Å². The molecule has 4 atom stereocenters. The van der Waals surface area contributed by atoms with Gasteiger partial charge in [-0.2, -0.15) is 0 Å². The Hall–Kier alpha value is 3.44. The molecule has 0 aromatic rings. The van der Waals surface area contributed by atoms with Crippen LogP contribution in [-0.2, 0) is 32.7 Å². The quantitative estimate of drug-likeness (QED) is 0.117. The first-order valence-corrected chi connectivity index (χ1v) is 22.7. The average molecular weight is 757 g/mol. The summed E-state index contributed by atoms with van der Waals surface area (Å²) in [5.41, 5.74) is 0. The van der Waals surface area contributed by atoms with Gasteiger partial charge in [-0.3, -0.25) is 0 Å². The van der Waals surface area contributed by atoms with Crippen LogP contribution >= 0.6 is 75.3 Å². The summed E-state index contributed by atoms with van der Waals surface area (Å²) in [7, 11) is 1.80. The van der Waals surface area contributed by atoms with Gasteiger partial charge >= 0.3 is 0 Å². The van der Waals surface area contributed by atoms with Crippen molar-refractivity contribution in [1.82, 2.24) is 0 Å². The van der Waals surface area contributed by atoms with Gasteiger partial charge in [0.15, 0.2) is 0 Å². The number of hydrogen-bond donors (Lipinski definition) is 0. The first-order valence-electron chi connectivity index (χ1n) is 9.11. The van der Waals surface area contributed by atoms with Crippen molar-refractivity contribution in [3.8, 4) is 0 Å². The Kier molecular flexibility index (Phi) is 51.4. The van der Waals surface area contributed by atoms with Crippen LogP contribution in [0.1, 0.15) is 72.6 Å². The zero-order valence-electron chi connectivity index (χ0n) is 18.6. The Morgan fingerprint density at radius 1 is 0.593 bits per heavy atom. The van der Waals surface area contributed by atoms with Crippen LogP contribution < -0.4 is 0 Å². The van der Waals surface area contributed by atoms with Gasteiger partial charge in [0.05, 0.1) is 0 Å². The van der Waals surface area contributed by atoms with E-state index in [4.69, 9.17) is 0 Å². The van der Waals surface area contributed by atoms with Crippen molar-refractivity contribution in [1.29, 1.82) is 0 Å². The summed E-state index contributed by atoms with van der Waals surface area (Å²) in [5.74, 6) is 21.3. The van der Waals surface area contributed by atoms with Crippen molar-refractivity contribution in [2.45, 2.75) is 72.6 Å². The fourth-order valence-electron chi connectivity index (χ4n) is 1.59. The minimum atomic E-state index is 0. The summed E-state index contributed by atoms with van der Waals surface area (Å²) < 4.78 is 0. The third kappa shape index (κ3) is 31.7. The number of halogens is 2. The normalized spacial score (nSPS) is 24.5. The average Bonchev–Trinajstić information content (AvgIpc) is 3.19. The predicted molar refractivity (Wildman–Crippen MR) is 168 cm³/mol. The topological polar surface area (TPSA) is 0 Å². The third-order valence-corrected chi connectivity index (χ3v) is 13.7. The van der Waals surface area contributed by atoms with Crippen molar-refractivity contribution in [3.63, 3.8) is 0 Å². The van der Waals surface area contributed by atoms with Crippen molar-refractivity contribution in [3.05, 3.63) is 7.43 Å². The van der Waals surface area contributed by atoms with E-state index in [-0.39, 0.29) is 40.1 Å². The Labute approximate surface area is 231 Å². The molecule has 0 aromatic carbocycles. The van der Waals surface area contributed by atoms with E-state index in [9.17, 15) is 0 Å². The van der Waals surface area contributed by atoms with E-state index >= 15 is 0 Å². The second-order valence-electron chi connectivity index (χ2n) is 5.64. The Bertz CT molecular complexity index is 313. The van der Waals surface area contributed by atoms with Crippen LogP contribution in [-0.4, -0.2) is 46.5 Å². The fourth-order valence-corrected chi connectivity index (χ4v) is 9.00. The zero-order valence-corrected chi connectivity index (χ0v) is 29.0. The van der Waals surface area contributed by atoms with Gasteiger partial charge in [-0.25, -0.2) is 0 Å². The summed E-state index contributed by atoms with van der Waals surface area (Å²) >= 11 is 4.24. The molecule has 2 heterocycles. The van der Waals surface area contributed by atoms with Gasteiger partial charge in [0.25, 0.3) is 0 Å². The van der Waals surface area contributed by atoms with Crippen molar-refractivity contribution < 1.29 is 32.7 Å². The molecule has 0 saturated carbocycles. The summed E-state index contributed by atoms with van der Waals surface area (Å²) in [6.45, 7) is 8.78. The van der Waals surface area contributed by atoms with Crippen LogP contribution in [0.3, 0.4) is 0 Å². The van der Waals surface area contributed by atoms with Gasteiger partial charge in [0, 0.05) is 69.9 Å². The van der Waals surface area contributed by atoms with Crippen molar-refractivity contribution in [2.24, 2.45) is 0 Å². The van der Waals surface area contributed by atoms with Gasteiger partial charge in [0.2, 0.25) is 0 Å². The largest absolute Gasteiger partial charge is 0.358 e. The maximum Gasteiger partial charge on any atom is 0 e. The molecule has 1 radical (unpaired) electrons. The van der Waals surface area contributed by atoms with Gasteiger partial charge < -0.3 is 7.43 Å². The van der Waals surface area contributed by atoms with E-state index in [1.807, 2.05) is 0 Å². The molecule has 0 aliphatic carbocycles. The molecule has 0 spiro atoms. The van der Waals surface area contributed by atoms with Gasteiger partial charge in [-0.1, -0.05) is 83.3 Å². The van der Waals surface area contributed by atoms with Crippen LogP contribution in [0.15, 0.2) is 0 Å². The van der Waals surface area contributed by atoms with Crippen LogP contribution in [0.5, 0.6) is 0 Å². The molecule has 0 aromatic heterocycles. The number of rotatable bonds is 3. The predicted octanol–water partition coefficient (Wildman–Crippen LogP) is 9.64. The molecule has 0 bridgehead atoms. The Balaban J connectivity index is -0.0000000772. The van der Waals surface area contributed by atoms with E-state index in [1.165, 1.54) is 68.0 Å². The van der Waals surface area contributed by atoms with Gasteiger partial charge in [0.1, 0.15) is 0 Å². The van der Waals surface area contributed by atoms with Crippen LogP contribution in [0.2, 0.25) is 0 Å². The molecule has 0 amide bonds. The molecule has 2 aliphatic rings. The first kappa shape index (κ1) is 40.8. The van der Waals surface area contributed by atoms with Gasteiger partial charge in [-0.05, 0) is 35.9 Å². The van der Waals surface area contributed by atoms with E-state index in [1.54, 1.807) is 0 Å². The van der Waals surface area contributed by atoms with E-state index in [2.05, 4.69) is 88.4 Å². The Morgan fingerprint density at radius 3 is 0.852 bits per heavy atom. The second-order valence-corrected chi connectivity index (χ2v) is 16.4. The number of hydrogen-bond acceptors (Lipinski definition) is 0. The molecule has 0 N–H and O–H groups in total. The second kappa shape index (κ2) is 34.1. The summed E-state index contributed by atoms with van der Waals surface area (Å²) in [4.78, 5) is 0. The maximum atomic E-state index is 4.00. The summed E-state index contributed by atoms with van der Waals surface area (Å²) in [6, 6.07) is 0. The summed E-state index contributed by atoms with van der Waals surface area (Å²) in [6.07, 6.45) is 9.46. The Morgan fingerprint density at radius 2 is 0.815 bits per heavy atom. The molecule has 4 unspecified atom stereocenters. The molecule has 2 rings (SSSR count). The number of unbranched alkanes of at least 4 members (excludes halogenated alkanes) is 3. The van der Waals surface area contributed by atoms with Crippen molar-refractivity contribution in [2.75, 3.05) is 23.0 Å². The van der Waals surface area contributed by atoms with Crippen LogP contribution in [0, 0.1) is 7.43 Å². The third-order valence-electron chi connectivity index (χ3n) is 3.36. The van der Waals surface area contributed by atoms with E-state index < -0.39 is 0 Å². The maximum absolute atomic E-state index is 4.00. The van der Waals surface area contributed by atoms with E-state index in [0.717, 1.165) is 0 Å². The zero-order chi connectivity index (χ0) is 20.1. The minimum absolute atomic E-state index is 0. The summed E-state index contributed by atoms with van der Waals surface area (Å²) in [5, 5.41) is 0. The molecular weight excluding hydrogens is 711 g/mol.